The van der Waals surface area contributed by atoms with Gasteiger partial charge in [0, 0.05) is 5.92 Å². The number of carboxylic acids is 1. The number of hydrogen-bond acceptors (Lipinski definition) is 5. The monoisotopic (exact) mass is 415 g/mol. The molecule has 2 unspecified atom stereocenters. The highest BCUT2D eigenvalue weighted by molar-refractivity contribution is 6.04. The maximum Gasteiger partial charge on any atom is 0.407 e. The molecule has 0 saturated carbocycles. The van der Waals surface area contributed by atoms with Gasteiger partial charge in [-0.15, -0.1) is 0 Å². The number of alkyl carbamates (subject to hydrolysis) is 1. The summed E-state index contributed by atoms with van der Waals surface area (Å²) >= 11 is 0. The fourth-order valence-electron chi connectivity index (χ4n) is 3.60. The van der Waals surface area contributed by atoms with Crippen LogP contribution in [0.2, 0.25) is 0 Å². The van der Waals surface area contributed by atoms with Crippen LogP contribution in [-0.2, 0) is 19.1 Å². The summed E-state index contributed by atoms with van der Waals surface area (Å²) in [6.07, 6.45) is -1.03. The van der Waals surface area contributed by atoms with Gasteiger partial charge in [-0.3, -0.25) is 0 Å². The largest absolute Gasteiger partial charge is 0.478 e. The van der Waals surface area contributed by atoms with Gasteiger partial charge in [-0.1, -0.05) is 48.5 Å². The fraction of sp³-hybridized carbons (Fsp3) is 0.318. The highest BCUT2D eigenvalue weighted by Crippen LogP contribution is 2.44. The van der Waals surface area contributed by atoms with Crippen molar-refractivity contribution in [1.82, 2.24) is 5.32 Å². The molecule has 0 spiro atoms. The van der Waals surface area contributed by atoms with E-state index in [0.717, 1.165) is 29.2 Å². The lowest BCUT2D eigenvalue weighted by Crippen LogP contribution is -2.58. The average Bonchev–Trinajstić information content (AvgIpc) is 3.05. The van der Waals surface area contributed by atoms with Gasteiger partial charge in [-0.05, 0) is 36.1 Å². The number of rotatable bonds is 7. The Morgan fingerprint density at radius 2 is 1.60 bits per heavy atom. The van der Waals surface area contributed by atoms with Gasteiger partial charge in [-0.25, -0.2) is 18.8 Å². The van der Waals surface area contributed by atoms with E-state index in [-0.39, 0.29) is 19.1 Å². The summed E-state index contributed by atoms with van der Waals surface area (Å²) in [4.78, 5) is 35.4. The van der Waals surface area contributed by atoms with Crippen LogP contribution in [0.5, 0.6) is 0 Å². The SMILES string of the molecule is CCOC(=O)C(F)(C(=O)O)C(C)NC(=O)OCC1c2ccccc2-c2ccccc21. The predicted octanol–water partition coefficient (Wildman–Crippen LogP) is 3.27. The molecule has 0 heterocycles. The molecule has 3 rings (SSSR count). The summed E-state index contributed by atoms with van der Waals surface area (Å²) in [7, 11) is 0. The maximum atomic E-state index is 14.8. The zero-order chi connectivity index (χ0) is 21.9. The van der Waals surface area contributed by atoms with Crippen molar-refractivity contribution in [3.05, 3.63) is 59.7 Å². The Balaban J connectivity index is 1.70. The smallest absolute Gasteiger partial charge is 0.407 e. The van der Waals surface area contributed by atoms with E-state index in [9.17, 15) is 18.8 Å². The van der Waals surface area contributed by atoms with Crippen LogP contribution in [0.3, 0.4) is 0 Å². The topological polar surface area (TPSA) is 102 Å². The first-order valence-corrected chi connectivity index (χ1v) is 9.51. The van der Waals surface area contributed by atoms with Crippen molar-refractivity contribution >= 4 is 18.0 Å². The molecule has 7 nitrogen and oxygen atoms in total. The molecule has 8 heteroatoms. The molecule has 2 aromatic carbocycles. The standard InChI is InChI=1S/C22H22FNO6/c1-3-29-20(27)22(23,19(25)26)13(2)24-21(28)30-12-18-16-10-6-4-8-14(16)15-9-5-7-11-17(15)18/h4-11,13,18H,3,12H2,1-2H3,(H,24,28)(H,25,26). The van der Waals surface area contributed by atoms with Crippen LogP contribution in [0.15, 0.2) is 48.5 Å². The van der Waals surface area contributed by atoms with Crippen LogP contribution >= 0.6 is 0 Å². The van der Waals surface area contributed by atoms with E-state index < -0.39 is 29.7 Å². The summed E-state index contributed by atoms with van der Waals surface area (Å²) in [5.74, 6) is -3.84. The predicted molar refractivity (Wildman–Crippen MR) is 106 cm³/mol. The van der Waals surface area contributed by atoms with Gasteiger partial charge in [0.1, 0.15) is 6.61 Å². The molecular formula is C22H22FNO6. The number of esters is 1. The molecule has 0 aromatic heterocycles. The van der Waals surface area contributed by atoms with Gasteiger partial charge in [0.05, 0.1) is 12.6 Å². The van der Waals surface area contributed by atoms with Gasteiger partial charge < -0.3 is 19.9 Å². The summed E-state index contributed by atoms with van der Waals surface area (Å²) in [6.45, 7) is 2.25. The van der Waals surface area contributed by atoms with Crippen molar-refractivity contribution in [3.8, 4) is 11.1 Å². The highest BCUT2D eigenvalue weighted by atomic mass is 19.1. The van der Waals surface area contributed by atoms with Crippen molar-refractivity contribution in [2.24, 2.45) is 0 Å². The molecule has 1 aliphatic carbocycles. The second-order valence-corrected chi connectivity index (χ2v) is 6.93. The van der Waals surface area contributed by atoms with Crippen LogP contribution in [0.4, 0.5) is 9.18 Å². The van der Waals surface area contributed by atoms with Crippen molar-refractivity contribution in [2.75, 3.05) is 13.2 Å². The molecule has 2 aromatic rings. The van der Waals surface area contributed by atoms with Gasteiger partial charge >= 0.3 is 23.7 Å². The fourth-order valence-corrected chi connectivity index (χ4v) is 3.60. The van der Waals surface area contributed by atoms with Gasteiger partial charge in [0.15, 0.2) is 0 Å². The van der Waals surface area contributed by atoms with E-state index in [1.165, 1.54) is 6.92 Å². The number of aliphatic carboxylic acids is 1. The molecule has 0 radical (unpaired) electrons. The molecule has 2 atom stereocenters. The van der Waals surface area contributed by atoms with Crippen LogP contribution in [0, 0.1) is 0 Å². The van der Waals surface area contributed by atoms with Crippen molar-refractivity contribution in [3.63, 3.8) is 0 Å². The molecule has 1 amide bonds. The molecule has 0 aliphatic heterocycles. The first kappa shape index (κ1) is 21.3. The van der Waals surface area contributed by atoms with E-state index in [1.54, 1.807) is 0 Å². The molecule has 158 valence electrons. The lowest BCUT2D eigenvalue weighted by Gasteiger charge is -2.26. The summed E-state index contributed by atoms with van der Waals surface area (Å²) < 4.78 is 24.6. The number of amides is 1. The molecule has 2 N–H and O–H groups in total. The molecular weight excluding hydrogens is 393 g/mol. The Morgan fingerprint density at radius 3 is 2.10 bits per heavy atom. The third kappa shape index (κ3) is 3.72. The van der Waals surface area contributed by atoms with E-state index in [0.29, 0.717) is 0 Å². The average molecular weight is 415 g/mol. The quantitative estimate of drug-likeness (QED) is 0.532. The lowest BCUT2D eigenvalue weighted by molar-refractivity contribution is -0.172. The molecule has 0 fully saturated rings. The number of nitrogens with one attached hydrogen (secondary N) is 1. The minimum Gasteiger partial charge on any atom is -0.478 e. The Kier molecular flexibility index (Phi) is 6.05. The number of alkyl halides is 1. The molecule has 0 saturated heterocycles. The molecule has 30 heavy (non-hydrogen) atoms. The van der Waals surface area contributed by atoms with E-state index in [2.05, 4.69) is 10.1 Å². The number of carbonyl (C=O) groups excluding carboxylic acids is 2. The number of carbonyl (C=O) groups is 3. The Labute approximate surface area is 172 Å². The zero-order valence-electron chi connectivity index (χ0n) is 16.6. The van der Waals surface area contributed by atoms with Crippen molar-refractivity contribution < 1.29 is 33.4 Å². The van der Waals surface area contributed by atoms with Crippen LogP contribution in [0.1, 0.15) is 30.9 Å². The first-order chi connectivity index (χ1) is 14.3. The number of carboxylic acid groups (broad SMARTS) is 1. The minimum absolute atomic E-state index is 0.0294. The molecule has 0 bridgehead atoms. The van der Waals surface area contributed by atoms with Crippen molar-refractivity contribution in [1.29, 1.82) is 0 Å². The normalized spacial score (nSPS) is 15.3. The maximum absolute atomic E-state index is 14.8. The van der Waals surface area contributed by atoms with Gasteiger partial charge in [0.2, 0.25) is 0 Å². The van der Waals surface area contributed by atoms with E-state index in [1.807, 2.05) is 48.5 Å². The number of benzene rings is 2. The first-order valence-electron chi connectivity index (χ1n) is 9.51. The summed E-state index contributed by atoms with van der Waals surface area (Å²) in [6, 6.07) is 13.8. The number of fused-ring (bicyclic) bond motifs is 3. The second kappa shape index (κ2) is 8.52. The lowest BCUT2D eigenvalue weighted by atomic mass is 9.97. The number of halogens is 1. The third-order valence-corrected chi connectivity index (χ3v) is 5.16. The van der Waals surface area contributed by atoms with Crippen LogP contribution < -0.4 is 5.32 Å². The Hall–Kier alpha value is -3.42. The molecule has 1 aliphatic rings. The second-order valence-electron chi connectivity index (χ2n) is 6.93. The number of hydrogen-bond donors (Lipinski definition) is 2. The van der Waals surface area contributed by atoms with Crippen molar-refractivity contribution in [2.45, 2.75) is 31.5 Å². The highest BCUT2D eigenvalue weighted by Gasteiger charge is 2.54. The minimum atomic E-state index is -3.43. The summed E-state index contributed by atoms with van der Waals surface area (Å²) in [5, 5.41) is 11.3. The number of ether oxygens (including phenoxy) is 2. The zero-order valence-corrected chi connectivity index (χ0v) is 16.6. The summed E-state index contributed by atoms with van der Waals surface area (Å²) in [5.41, 5.74) is 0.660. The van der Waals surface area contributed by atoms with Gasteiger partial charge in [0.25, 0.3) is 0 Å². The van der Waals surface area contributed by atoms with E-state index >= 15 is 0 Å². The van der Waals surface area contributed by atoms with Crippen LogP contribution in [0.25, 0.3) is 11.1 Å². The Bertz CT molecular complexity index is 932. The van der Waals surface area contributed by atoms with Gasteiger partial charge in [-0.2, -0.15) is 0 Å². The third-order valence-electron chi connectivity index (χ3n) is 5.16. The Morgan fingerprint density at radius 1 is 1.07 bits per heavy atom. The van der Waals surface area contributed by atoms with Crippen LogP contribution in [-0.4, -0.2) is 48.1 Å². The van der Waals surface area contributed by atoms with E-state index in [4.69, 9.17) is 9.84 Å².